The highest BCUT2D eigenvalue weighted by molar-refractivity contribution is 5.93. The summed E-state index contributed by atoms with van der Waals surface area (Å²) in [6, 6.07) is 0.183. The van der Waals surface area contributed by atoms with Crippen molar-refractivity contribution in [2.45, 2.75) is 32.2 Å². The van der Waals surface area contributed by atoms with Crippen LogP contribution in [0.4, 0.5) is 0 Å². The Morgan fingerprint density at radius 3 is 2.81 bits per heavy atom. The molecule has 1 aromatic rings. The van der Waals surface area contributed by atoms with E-state index >= 15 is 0 Å². The number of carbonyl (C=O) groups is 2. The monoisotopic (exact) mass is 291 g/mol. The highest BCUT2D eigenvalue weighted by atomic mass is 16.3. The number of carbonyl (C=O) groups excluding carboxylic acids is 2. The number of aryl methyl sites for hydroxylation is 1. The predicted molar refractivity (Wildman–Crippen MR) is 75.6 cm³/mol. The molecule has 0 bridgehead atoms. The van der Waals surface area contributed by atoms with E-state index < -0.39 is 0 Å². The lowest BCUT2D eigenvalue weighted by atomic mass is 9.88. The molecule has 1 saturated heterocycles. The zero-order chi connectivity index (χ0) is 15.1. The Bertz CT molecular complexity index is 568. The minimum absolute atomic E-state index is 0.0930. The summed E-state index contributed by atoms with van der Waals surface area (Å²) >= 11 is 0. The molecule has 1 aliphatic heterocycles. The summed E-state index contributed by atoms with van der Waals surface area (Å²) in [5.74, 6) is 1.60. The summed E-state index contributed by atoms with van der Waals surface area (Å²) in [7, 11) is 3.68. The molecule has 0 spiro atoms. The number of aromatic nitrogens is 1. The molecule has 2 heterocycles. The molecule has 2 amide bonds. The molecule has 3 rings (SSSR count). The molecule has 0 radical (unpaired) electrons. The van der Waals surface area contributed by atoms with Gasteiger partial charge in [0.2, 0.25) is 5.91 Å². The summed E-state index contributed by atoms with van der Waals surface area (Å²) in [6.07, 6.45) is 3.78. The first kappa shape index (κ1) is 14.1. The van der Waals surface area contributed by atoms with Crippen molar-refractivity contribution in [3.63, 3.8) is 0 Å². The Morgan fingerprint density at radius 2 is 2.14 bits per heavy atom. The number of fused-ring (bicyclic) bond motifs is 1. The van der Waals surface area contributed by atoms with Gasteiger partial charge >= 0.3 is 0 Å². The van der Waals surface area contributed by atoms with Gasteiger partial charge in [-0.05, 0) is 31.6 Å². The van der Waals surface area contributed by atoms with Crippen LogP contribution in [0.15, 0.2) is 10.8 Å². The van der Waals surface area contributed by atoms with Gasteiger partial charge in [-0.15, -0.1) is 0 Å². The second-order valence-electron chi connectivity index (χ2n) is 6.30. The van der Waals surface area contributed by atoms with Crippen molar-refractivity contribution in [3.05, 3.63) is 17.8 Å². The number of rotatable bonds is 2. The van der Waals surface area contributed by atoms with Gasteiger partial charge in [0.25, 0.3) is 5.91 Å². The van der Waals surface area contributed by atoms with E-state index in [1.54, 1.807) is 11.8 Å². The molecule has 1 aromatic heterocycles. The van der Waals surface area contributed by atoms with Crippen LogP contribution >= 0.6 is 0 Å². The lowest BCUT2D eigenvalue weighted by molar-refractivity contribution is -0.134. The van der Waals surface area contributed by atoms with E-state index in [4.69, 9.17) is 4.42 Å². The van der Waals surface area contributed by atoms with Crippen molar-refractivity contribution in [3.8, 4) is 0 Å². The van der Waals surface area contributed by atoms with Gasteiger partial charge in [0.05, 0.1) is 0 Å². The third-order valence-corrected chi connectivity index (χ3v) is 5.00. The molecule has 0 aromatic carbocycles. The molecular weight excluding hydrogens is 270 g/mol. The first-order valence-electron chi connectivity index (χ1n) is 7.38. The van der Waals surface area contributed by atoms with Crippen molar-refractivity contribution >= 4 is 11.8 Å². The number of amides is 2. The summed E-state index contributed by atoms with van der Waals surface area (Å²) in [5.41, 5.74) is 0.389. The van der Waals surface area contributed by atoms with Gasteiger partial charge in [-0.25, -0.2) is 4.98 Å². The third kappa shape index (κ3) is 2.43. The third-order valence-electron chi connectivity index (χ3n) is 5.00. The van der Waals surface area contributed by atoms with Gasteiger partial charge in [-0.2, -0.15) is 0 Å². The van der Waals surface area contributed by atoms with E-state index in [1.165, 1.54) is 6.39 Å². The number of hydrogen-bond acceptors (Lipinski definition) is 4. The summed E-state index contributed by atoms with van der Waals surface area (Å²) in [5, 5.41) is 0. The number of piperidine rings is 1. The van der Waals surface area contributed by atoms with Gasteiger partial charge in [0.1, 0.15) is 5.76 Å². The van der Waals surface area contributed by atoms with Gasteiger partial charge < -0.3 is 14.2 Å². The fraction of sp³-hybridized carbons (Fsp3) is 0.667. The van der Waals surface area contributed by atoms with Gasteiger partial charge in [0, 0.05) is 33.1 Å². The standard InChI is InChI=1S/C15H21N3O3/c1-9-14(16-8-21-9)15(20)18(3)12-4-10-6-13(19)17(2)7-11(10)5-12/h8,10-12H,4-7H2,1-3H3/t10-,11+,12-/m0/s1. The molecule has 114 valence electrons. The summed E-state index contributed by atoms with van der Waals surface area (Å²) in [6.45, 7) is 2.56. The van der Waals surface area contributed by atoms with Crippen molar-refractivity contribution < 1.29 is 14.0 Å². The maximum Gasteiger partial charge on any atom is 0.276 e. The molecule has 1 aliphatic carbocycles. The lowest BCUT2D eigenvalue weighted by Crippen LogP contribution is -2.40. The topological polar surface area (TPSA) is 66.7 Å². The normalized spacial score (nSPS) is 28.6. The molecule has 2 aliphatic rings. The largest absolute Gasteiger partial charge is 0.448 e. The van der Waals surface area contributed by atoms with E-state index in [1.807, 2.05) is 19.0 Å². The first-order valence-corrected chi connectivity index (χ1v) is 7.38. The average molecular weight is 291 g/mol. The molecular formula is C15H21N3O3. The van der Waals surface area contributed by atoms with E-state index in [0.717, 1.165) is 19.4 Å². The van der Waals surface area contributed by atoms with E-state index in [2.05, 4.69) is 4.98 Å². The Kier molecular flexibility index (Phi) is 3.47. The Morgan fingerprint density at radius 1 is 1.43 bits per heavy atom. The van der Waals surface area contributed by atoms with Gasteiger partial charge in [-0.3, -0.25) is 9.59 Å². The minimum atomic E-state index is -0.0930. The Balaban J connectivity index is 1.70. The first-order chi connectivity index (χ1) is 9.97. The van der Waals surface area contributed by atoms with Crippen LogP contribution < -0.4 is 0 Å². The van der Waals surface area contributed by atoms with Crippen LogP contribution in [0.5, 0.6) is 0 Å². The molecule has 0 N–H and O–H groups in total. The molecule has 3 atom stereocenters. The van der Waals surface area contributed by atoms with E-state index in [9.17, 15) is 9.59 Å². The zero-order valence-corrected chi connectivity index (χ0v) is 12.7. The molecule has 21 heavy (non-hydrogen) atoms. The fourth-order valence-electron chi connectivity index (χ4n) is 3.65. The maximum atomic E-state index is 12.5. The highest BCUT2D eigenvalue weighted by Gasteiger charge is 2.42. The molecule has 1 saturated carbocycles. The van der Waals surface area contributed by atoms with Crippen LogP contribution in [-0.2, 0) is 4.79 Å². The highest BCUT2D eigenvalue weighted by Crippen LogP contribution is 2.40. The minimum Gasteiger partial charge on any atom is -0.448 e. The van der Waals surface area contributed by atoms with Crippen LogP contribution in [0.25, 0.3) is 0 Å². The van der Waals surface area contributed by atoms with Gasteiger partial charge in [-0.1, -0.05) is 0 Å². The SMILES string of the molecule is Cc1ocnc1C(=O)N(C)[C@H]1C[C@H]2CC(=O)N(C)C[C@H]2C1. The van der Waals surface area contributed by atoms with Crippen molar-refractivity contribution in [1.29, 1.82) is 0 Å². The average Bonchev–Trinajstić information content (AvgIpc) is 3.04. The molecule has 6 heteroatoms. The van der Waals surface area contributed by atoms with Crippen molar-refractivity contribution in [1.82, 2.24) is 14.8 Å². The van der Waals surface area contributed by atoms with E-state index in [-0.39, 0.29) is 17.9 Å². The molecule has 0 unspecified atom stereocenters. The van der Waals surface area contributed by atoms with Crippen LogP contribution in [0.2, 0.25) is 0 Å². The number of hydrogen-bond donors (Lipinski definition) is 0. The maximum absolute atomic E-state index is 12.5. The number of oxazole rings is 1. The van der Waals surface area contributed by atoms with Gasteiger partial charge in [0.15, 0.2) is 12.1 Å². The van der Waals surface area contributed by atoms with Crippen molar-refractivity contribution in [2.24, 2.45) is 11.8 Å². The van der Waals surface area contributed by atoms with Crippen LogP contribution in [0.1, 0.15) is 35.5 Å². The summed E-state index contributed by atoms with van der Waals surface area (Å²) in [4.78, 5) is 31.9. The number of likely N-dealkylation sites (tertiary alicyclic amines) is 1. The number of nitrogens with zero attached hydrogens (tertiary/aromatic N) is 3. The van der Waals surface area contributed by atoms with Crippen LogP contribution in [-0.4, -0.2) is 53.3 Å². The Hall–Kier alpha value is -1.85. The van der Waals surface area contributed by atoms with Crippen LogP contribution in [0.3, 0.4) is 0 Å². The molecule has 6 nitrogen and oxygen atoms in total. The van der Waals surface area contributed by atoms with Crippen molar-refractivity contribution in [2.75, 3.05) is 20.6 Å². The summed E-state index contributed by atoms with van der Waals surface area (Å²) < 4.78 is 5.11. The predicted octanol–water partition coefficient (Wildman–Crippen LogP) is 1.31. The second-order valence-corrected chi connectivity index (χ2v) is 6.30. The second kappa shape index (κ2) is 5.16. The molecule has 2 fully saturated rings. The lowest BCUT2D eigenvalue weighted by Gasteiger charge is -2.31. The Labute approximate surface area is 124 Å². The van der Waals surface area contributed by atoms with Crippen LogP contribution in [0, 0.1) is 18.8 Å². The van der Waals surface area contributed by atoms with E-state index in [0.29, 0.717) is 29.7 Å². The fourth-order valence-corrected chi connectivity index (χ4v) is 3.65. The quantitative estimate of drug-likeness (QED) is 0.824. The zero-order valence-electron chi connectivity index (χ0n) is 12.7. The smallest absolute Gasteiger partial charge is 0.276 e.